The number of nitrogens with zero attached hydrogens (tertiary/aromatic N) is 2. The minimum atomic E-state index is 0.281. The number of rotatable bonds is 4. The number of hydrogen-bond acceptors (Lipinski definition) is 4. The number of nitrogens with two attached hydrogens (primary N) is 1. The molecule has 2 aromatic rings. The first kappa shape index (κ1) is 14.6. The van der Waals surface area contributed by atoms with Crippen LogP contribution in [0.15, 0.2) is 28.9 Å². The molecular formula is C16H21BrN4. The van der Waals surface area contributed by atoms with Crippen molar-refractivity contribution in [2.24, 2.45) is 0 Å². The van der Waals surface area contributed by atoms with E-state index < -0.39 is 0 Å². The second-order valence-electron chi connectivity index (χ2n) is 6.08. The smallest absolute Gasteiger partial charge is 0.0954 e. The van der Waals surface area contributed by atoms with E-state index in [1.807, 2.05) is 24.4 Å². The first-order valence-electron chi connectivity index (χ1n) is 7.27. The fraction of sp³-hybridized carbons (Fsp3) is 0.438. The van der Waals surface area contributed by atoms with E-state index in [0.717, 1.165) is 33.3 Å². The fourth-order valence-electron chi connectivity index (χ4n) is 2.99. The van der Waals surface area contributed by atoms with Crippen LogP contribution in [-0.4, -0.2) is 36.1 Å². The molecule has 1 saturated carbocycles. The lowest BCUT2D eigenvalue weighted by molar-refractivity contribution is 0.0739. The van der Waals surface area contributed by atoms with Crippen LogP contribution < -0.4 is 11.1 Å². The molecule has 1 aromatic heterocycles. The number of nitrogen functional groups attached to an aromatic ring is 1. The number of anilines is 2. The summed E-state index contributed by atoms with van der Waals surface area (Å²) in [5, 5.41) is 4.57. The van der Waals surface area contributed by atoms with Crippen LogP contribution in [0, 0.1) is 0 Å². The molecule has 0 bridgehead atoms. The molecule has 21 heavy (non-hydrogen) atoms. The van der Waals surface area contributed by atoms with E-state index in [0.29, 0.717) is 0 Å². The van der Waals surface area contributed by atoms with Crippen molar-refractivity contribution in [2.45, 2.75) is 24.8 Å². The summed E-state index contributed by atoms with van der Waals surface area (Å²) in [7, 11) is 4.33. The maximum absolute atomic E-state index is 6.06. The summed E-state index contributed by atoms with van der Waals surface area (Å²) in [6.07, 6.45) is 5.63. The second-order valence-corrected chi connectivity index (χ2v) is 6.99. The van der Waals surface area contributed by atoms with Crippen molar-refractivity contribution in [1.82, 2.24) is 9.88 Å². The van der Waals surface area contributed by atoms with Gasteiger partial charge in [-0.1, -0.05) is 0 Å². The number of pyridine rings is 1. The Kier molecular flexibility index (Phi) is 3.80. The van der Waals surface area contributed by atoms with E-state index >= 15 is 0 Å². The normalized spacial score (nSPS) is 17.0. The van der Waals surface area contributed by atoms with Gasteiger partial charge >= 0.3 is 0 Å². The molecule has 1 aliphatic carbocycles. The third-order valence-electron chi connectivity index (χ3n) is 4.69. The summed E-state index contributed by atoms with van der Waals surface area (Å²) in [5.41, 5.74) is 9.10. The van der Waals surface area contributed by atoms with Crippen LogP contribution >= 0.6 is 15.9 Å². The molecule has 4 nitrogen and oxygen atoms in total. The van der Waals surface area contributed by atoms with Crippen molar-refractivity contribution >= 4 is 38.2 Å². The molecule has 3 N–H and O–H groups in total. The van der Waals surface area contributed by atoms with Gasteiger partial charge in [0.1, 0.15) is 0 Å². The number of aromatic nitrogens is 1. The third-order valence-corrected chi connectivity index (χ3v) is 5.12. The number of fused-ring (bicyclic) bond motifs is 1. The van der Waals surface area contributed by atoms with Crippen LogP contribution in [0.1, 0.15) is 19.3 Å². The van der Waals surface area contributed by atoms with Gasteiger partial charge < -0.3 is 16.0 Å². The summed E-state index contributed by atoms with van der Waals surface area (Å²) in [6, 6.07) is 6.00. The Morgan fingerprint density at radius 2 is 2.14 bits per heavy atom. The average molecular weight is 349 g/mol. The van der Waals surface area contributed by atoms with E-state index in [4.69, 9.17) is 5.73 Å². The fourth-order valence-corrected chi connectivity index (χ4v) is 3.32. The molecule has 0 amide bonds. The van der Waals surface area contributed by atoms with E-state index in [-0.39, 0.29) is 5.54 Å². The number of nitrogens with one attached hydrogen (secondary N) is 1. The lowest BCUT2D eigenvalue weighted by atomic mass is 9.75. The summed E-state index contributed by atoms with van der Waals surface area (Å²) in [6.45, 7) is 0.941. The summed E-state index contributed by atoms with van der Waals surface area (Å²) in [4.78, 5) is 6.87. The summed E-state index contributed by atoms with van der Waals surface area (Å²) >= 11 is 3.46. The quantitative estimate of drug-likeness (QED) is 0.830. The van der Waals surface area contributed by atoms with E-state index in [1.54, 1.807) is 0 Å². The lowest BCUT2D eigenvalue weighted by Crippen LogP contribution is -2.54. The Morgan fingerprint density at radius 1 is 1.38 bits per heavy atom. The standard InChI is InChI=1S/C16H21BrN4/c1-21(2)16(6-3-7-16)10-20-14-5-4-13(18)12-8-11(17)9-19-15(12)14/h4-5,8-9,20H,3,6-7,10,18H2,1-2H3. The molecule has 5 heteroatoms. The Labute approximate surface area is 133 Å². The van der Waals surface area contributed by atoms with Gasteiger partial charge in [-0.2, -0.15) is 0 Å². The van der Waals surface area contributed by atoms with Crippen LogP contribution in [0.25, 0.3) is 10.9 Å². The topological polar surface area (TPSA) is 54.2 Å². The zero-order valence-electron chi connectivity index (χ0n) is 12.5. The van der Waals surface area contributed by atoms with Gasteiger partial charge in [-0.3, -0.25) is 4.98 Å². The van der Waals surface area contributed by atoms with E-state index in [1.165, 1.54) is 19.3 Å². The van der Waals surface area contributed by atoms with E-state index in [2.05, 4.69) is 45.2 Å². The maximum atomic E-state index is 6.06. The van der Waals surface area contributed by atoms with Gasteiger partial charge in [-0.15, -0.1) is 0 Å². The number of hydrogen-bond donors (Lipinski definition) is 2. The molecule has 0 radical (unpaired) electrons. The number of halogens is 1. The highest BCUT2D eigenvalue weighted by atomic mass is 79.9. The zero-order valence-corrected chi connectivity index (χ0v) is 14.1. The number of benzene rings is 1. The first-order valence-corrected chi connectivity index (χ1v) is 8.06. The molecule has 0 spiro atoms. The third kappa shape index (κ3) is 2.60. The van der Waals surface area contributed by atoms with Crippen LogP contribution in [0.3, 0.4) is 0 Å². The van der Waals surface area contributed by atoms with Crippen LogP contribution in [-0.2, 0) is 0 Å². The first-order chi connectivity index (χ1) is 10.0. The van der Waals surface area contributed by atoms with Gasteiger partial charge in [0.25, 0.3) is 0 Å². The van der Waals surface area contributed by atoms with Crippen molar-refractivity contribution in [2.75, 3.05) is 31.7 Å². The van der Waals surface area contributed by atoms with Crippen molar-refractivity contribution < 1.29 is 0 Å². The Bertz CT molecular complexity index is 665. The van der Waals surface area contributed by atoms with Gasteiger partial charge in [-0.05, 0) is 67.5 Å². The number of likely N-dealkylation sites (N-methyl/N-ethyl adjacent to an activating group) is 1. The SMILES string of the molecule is CN(C)C1(CNc2ccc(N)c3cc(Br)cnc23)CCC1. The van der Waals surface area contributed by atoms with Crippen molar-refractivity contribution in [1.29, 1.82) is 0 Å². The van der Waals surface area contributed by atoms with Crippen molar-refractivity contribution in [3.05, 3.63) is 28.9 Å². The molecular weight excluding hydrogens is 328 g/mol. The second kappa shape index (κ2) is 5.46. The average Bonchev–Trinajstić information content (AvgIpc) is 2.40. The maximum Gasteiger partial charge on any atom is 0.0954 e. The van der Waals surface area contributed by atoms with Gasteiger partial charge in [0.2, 0.25) is 0 Å². The molecule has 0 aliphatic heterocycles. The largest absolute Gasteiger partial charge is 0.398 e. The molecule has 3 rings (SSSR count). The minimum absolute atomic E-state index is 0.281. The molecule has 0 atom stereocenters. The van der Waals surface area contributed by atoms with Crippen LogP contribution in [0.4, 0.5) is 11.4 Å². The summed E-state index contributed by atoms with van der Waals surface area (Å²) in [5.74, 6) is 0. The molecule has 1 heterocycles. The highest BCUT2D eigenvalue weighted by Gasteiger charge is 2.38. The monoisotopic (exact) mass is 348 g/mol. The lowest BCUT2D eigenvalue weighted by Gasteiger charge is -2.47. The van der Waals surface area contributed by atoms with E-state index in [9.17, 15) is 0 Å². The molecule has 112 valence electrons. The zero-order chi connectivity index (χ0) is 15.0. The highest BCUT2D eigenvalue weighted by Crippen LogP contribution is 2.37. The minimum Gasteiger partial charge on any atom is -0.398 e. The van der Waals surface area contributed by atoms with Gasteiger partial charge in [0, 0.05) is 33.8 Å². The van der Waals surface area contributed by atoms with Crippen LogP contribution in [0.2, 0.25) is 0 Å². The molecule has 1 fully saturated rings. The van der Waals surface area contributed by atoms with Crippen molar-refractivity contribution in [3.8, 4) is 0 Å². The Balaban J connectivity index is 1.89. The van der Waals surface area contributed by atoms with Gasteiger partial charge in [0.05, 0.1) is 11.2 Å². The Hall–Kier alpha value is -1.33. The van der Waals surface area contributed by atoms with Gasteiger partial charge in [0.15, 0.2) is 0 Å². The summed E-state index contributed by atoms with van der Waals surface area (Å²) < 4.78 is 0.947. The predicted octanol–water partition coefficient (Wildman–Crippen LogP) is 3.48. The molecule has 1 aliphatic rings. The molecule has 0 unspecified atom stereocenters. The van der Waals surface area contributed by atoms with Crippen molar-refractivity contribution in [3.63, 3.8) is 0 Å². The van der Waals surface area contributed by atoms with Crippen LogP contribution in [0.5, 0.6) is 0 Å². The highest BCUT2D eigenvalue weighted by molar-refractivity contribution is 9.10. The predicted molar refractivity (Wildman–Crippen MR) is 92.6 cm³/mol. The Morgan fingerprint density at radius 3 is 2.76 bits per heavy atom. The van der Waals surface area contributed by atoms with Gasteiger partial charge in [-0.25, -0.2) is 0 Å². The molecule has 0 saturated heterocycles. The molecule has 1 aromatic carbocycles.